The van der Waals surface area contributed by atoms with Crippen LogP contribution in [0.3, 0.4) is 0 Å². The van der Waals surface area contributed by atoms with Crippen molar-refractivity contribution in [3.8, 4) is 11.5 Å². The monoisotopic (exact) mass is 627 g/mol. The lowest BCUT2D eigenvalue weighted by Gasteiger charge is -2.33. The Morgan fingerprint density at radius 3 is 2.26 bits per heavy atom. The molecule has 3 aromatic carbocycles. The number of hydrogen-bond donors (Lipinski definition) is 1. The van der Waals surface area contributed by atoms with E-state index in [1.54, 1.807) is 50.4 Å². The number of nitrogens with one attached hydrogen (secondary N) is 1. The first kappa shape index (κ1) is 32.2. The summed E-state index contributed by atoms with van der Waals surface area (Å²) in [5, 5.41) is 3.42. The van der Waals surface area contributed by atoms with Crippen LogP contribution in [-0.4, -0.2) is 58.0 Å². The van der Waals surface area contributed by atoms with Gasteiger partial charge in [-0.2, -0.15) is 0 Å². The molecule has 0 aliphatic heterocycles. The molecule has 11 heteroatoms. The maximum atomic E-state index is 14.1. The van der Waals surface area contributed by atoms with Gasteiger partial charge in [-0.3, -0.25) is 13.9 Å². The maximum Gasteiger partial charge on any atom is 0.264 e. The number of carbonyl (C=O) groups excluding carboxylic acids is 2. The molecule has 0 bridgehead atoms. The Bertz CT molecular complexity index is 1510. The lowest BCUT2D eigenvalue weighted by molar-refractivity contribution is -0.139. The third kappa shape index (κ3) is 8.20. The van der Waals surface area contributed by atoms with Crippen LogP contribution >= 0.6 is 11.6 Å². The molecule has 1 aliphatic carbocycles. The highest BCUT2D eigenvalue weighted by molar-refractivity contribution is 7.92. The third-order valence-electron chi connectivity index (χ3n) is 7.63. The SMILES string of the molecule is COc1ccc(S(=O)(=O)N(CC(=O)N(Cc2cccc(OC)c2)[C@@H](C)C(=O)NC2CCCCC2)c2cccc(Cl)c2)cc1. The van der Waals surface area contributed by atoms with E-state index in [4.69, 9.17) is 21.1 Å². The Balaban J connectivity index is 1.69. The van der Waals surface area contributed by atoms with E-state index in [1.165, 1.54) is 42.3 Å². The average Bonchev–Trinajstić information content (AvgIpc) is 3.02. The minimum absolute atomic E-state index is 0.0245. The number of ether oxygens (including phenoxy) is 2. The van der Waals surface area contributed by atoms with Crippen LogP contribution < -0.4 is 19.1 Å². The van der Waals surface area contributed by atoms with Crippen molar-refractivity contribution in [2.75, 3.05) is 25.1 Å². The van der Waals surface area contributed by atoms with Gasteiger partial charge in [-0.1, -0.05) is 49.1 Å². The lowest BCUT2D eigenvalue weighted by Crippen LogP contribution is -2.53. The number of rotatable bonds is 12. The molecule has 4 rings (SSSR count). The molecule has 1 aliphatic rings. The summed E-state index contributed by atoms with van der Waals surface area (Å²) in [5.74, 6) is 0.264. The second kappa shape index (κ2) is 14.6. The van der Waals surface area contributed by atoms with Gasteiger partial charge in [0.25, 0.3) is 10.0 Å². The van der Waals surface area contributed by atoms with E-state index < -0.39 is 28.5 Å². The zero-order valence-electron chi connectivity index (χ0n) is 24.7. The summed E-state index contributed by atoms with van der Waals surface area (Å²) >= 11 is 6.25. The Morgan fingerprint density at radius 2 is 1.60 bits per heavy atom. The van der Waals surface area contributed by atoms with Gasteiger partial charge in [-0.25, -0.2) is 8.42 Å². The third-order valence-corrected chi connectivity index (χ3v) is 9.65. The van der Waals surface area contributed by atoms with Crippen molar-refractivity contribution < 1.29 is 27.5 Å². The van der Waals surface area contributed by atoms with E-state index >= 15 is 0 Å². The van der Waals surface area contributed by atoms with Crippen molar-refractivity contribution in [1.29, 1.82) is 0 Å². The van der Waals surface area contributed by atoms with Gasteiger partial charge in [0.15, 0.2) is 0 Å². The minimum atomic E-state index is -4.23. The zero-order chi connectivity index (χ0) is 31.0. The molecule has 43 heavy (non-hydrogen) atoms. The van der Waals surface area contributed by atoms with E-state index in [0.29, 0.717) is 16.5 Å². The summed E-state index contributed by atoms with van der Waals surface area (Å²) in [5.41, 5.74) is 0.953. The fourth-order valence-corrected chi connectivity index (χ4v) is 6.74. The average molecular weight is 628 g/mol. The van der Waals surface area contributed by atoms with Crippen LogP contribution in [0.1, 0.15) is 44.6 Å². The molecule has 0 aromatic heterocycles. The Kier molecular flexibility index (Phi) is 10.9. The number of amides is 2. The van der Waals surface area contributed by atoms with Crippen molar-refractivity contribution in [1.82, 2.24) is 10.2 Å². The number of carbonyl (C=O) groups is 2. The van der Waals surface area contributed by atoms with Gasteiger partial charge >= 0.3 is 0 Å². The smallest absolute Gasteiger partial charge is 0.264 e. The largest absolute Gasteiger partial charge is 0.497 e. The van der Waals surface area contributed by atoms with Crippen LogP contribution in [0.15, 0.2) is 77.7 Å². The second-order valence-corrected chi connectivity index (χ2v) is 12.9. The molecule has 3 aromatic rings. The van der Waals surface area contributed by atoms with E-state index in [0.717, 1.165) is 42.0 Å². The molecule has 230 valence electrons. The summed E-state index contributed by atoms with van der Waals surface area (Å²) < 4.78 is 39.5. The number of anilines is 1. The molecule has 1 saturated carbocycles. The number of sulfonamides is 1. The Labute approximate surface area is 258 Å². The predicted octanol–water partition coefficient (Wildman–Crippen LogP) is 5.42. The first-order valence-corrected chi connectivity index (χ1v) is 16.1. The van der Waals surface area contributed by atoms with Crippen molar-refractivity contribution in [3.63, 3.8) is 0 Å². The Morgan fingerprint density at radius 1 is 0.930 bits per heavy atom. The molecule has 2 amide bonds. The normalized spacial score (nSPS) is 14.4. The van der Waals surface area contributed by atoms with Gasteiger partial charge in [-0.05, 0) is 79.9 Å². The van der Waals surface area contributed by atoms with Gasteiger partial charge in [0.05, 0.1) is 24.8 Å². The maximum absolute atomic E-state index is 14.1. The molecule has 1 fully saturated rings. The molecule has 0 spiro atoms. The number of hydrogen-bond acceptors (Lipinski definition) is 6. The van der Waals surface area contributed by atoms with Gasteiger partial charge < -0.3 is 19.7 Å². The summed E-state index contributed by atoms with van der Waals surface area (Å²) in [6.07, 6.45) is 5.02. The molecule has 0 saturated heterocycles. The highest BCUT2D eigenvalue weighted by Gasteiger charge is 2.33. The summed E-state index contributed by atoms with van der Waals surface area (Å²) in [6, 6.07) is 18.6. The molecular formula is C32H38ClN3O6S. The fraction of sp³-hybridized carbons (Fsp3) is 0.375. The molecule has 0 unspecified atom stereocenters. The number of halogens is 1. The quantitative estimate of drug-likeness (QED) is 0.288. The summed E-state index contributed by atoms with van der Waals surface area (Å²) in [7, 11) is -1.19. The molecular weight excluding hydrogens is 590 g/mol. The molecule has 9 nitrogen and oxygen atoms in total. The van der Waals surface area contributed by atoms with Crippen LogP contribution in [0, 0.1) is 0 Å². The minimum Gasteiger partial charge on any atom is -0.497 e. The highest BCUT2D eigenvalue weighted by Crippen LogP contribution is 2.28. The van der Waals surface area contributed by atoms with Crippen molar-refractivity contribution in [2.24, 2.45) is 0 Å². The lowest BCUT2D eigenvalue weighted by atomic mass is 9.95. The molecule has 1 atom stereocenters. The van der Waals surface area contributed by atoms with Crippen LogP contribution in [0.25, 0.3) is 0 Å². The van der Waals surface area contributed by atoms with Gasteiger partial charge in [-0.15, -0.1) is 0 Å². The van der Waals surface area contributed by atoms with Crippen LogP contribution in [0.2, 0.25) is 5.02 Å². The molecule has 1 N–H and O–H groups in total. The van der Waals surface area contributed by atoms with Crippen LogP contribution in [-0.2, 0) is 26.2 Å². The number of benzene rings is 3. The second-order valence-electron chi connectivity index (χ2n) is 10.6. The predicted molar refractivity (Wildman–Crippen MR) is 167 cm³/mol. The first-order chi connectivity index (χ1) is 20.6. The highest BCUT2D eigenvalue weighted by atomic mass is 35.5. The van der Waals surface area contributed by atoms with E-state index in [9.17, 15) is 18.0 Å². The van der Waals surface area contributed by atoms with Crippen LogP contribution in [0.4, 0.5) is 5.69 Å². The van der Waals surface area contributed by atoms with Crippen molar-refractivity contribution in [2.45, 2.75) is 62.6 Å². The van der Waals surface area contributed by atoms with E-state index in [-0.39, 0.29) is 29.1 Å². The summed E-state index contributed by atoms with van der Waals surface area (Å²) in [4.78, 5) is 29.0. The first-order valence-electron chi connectivity index (χ1n) is 14.3. The van der Waals surface area contributed by atoms with Gasteiger partial charge in [0.1, 0.15) is 24.1 Å². The topological polar surface area (TPSA) is 105 Å². The van der Waals surface area contributed by atoms with E-state index in [2.05, 4.69) is 5.32 Å². The number of methoxy groups -OCH3 is 2. The van der Waals surface area contributed by atoms with Gasteiger partial charge in [0.2, 0.25) is 11.8 Å². The zero-order valence-corrected chi connectivity index (χ0v) is 26.2. The van der Waals surface area contributed by atoms with Crippen LogP contribution in [0.5, 0.6) is 11.5 Å². The molecule has 0 heterocycles. The molecule has 0 radical (unpaired) electrons. The Hall–Kier alpha value is -3.76. The standard InChI is InChI=1S/C32H38ClN3O6S/c1-23(32(38)34-26-11-5-4-6-12-26)35(21-24-9-7-14-29(19-24)42-3)31(37)22-36(27-13-8-10-25(33)20-27)43(39,40)30-17-15-28(41-2)16-18-30/h7-10,13-20,23,26H,4-6,11-12,21-22H2,1-3H3,(H,34,38)/t23-/m0/s1. The number of nitrogens with zero attached hydrogens (tertiary/aromatic N) is 2. The van der Waals surface area contributed by atoms with E-state index in [1.807, 2.05) is 6.07 Å². The van der Waals surface area contributed by atoms with Crippen molar-refractivity contribution in [3.05, 3.63) is 83.4 Å². The fourth-order valence-electron chi connectivity index (χ4n) is 5.15. The van der Waals surface area contributed by atoms with Gasteiger partial charge in [0, 0.05) is 17.6 Å². The summed E-state index contributed by atoms with van der Waals surface area (Å²) in [6.45, 7) is 1.18. The van der Waals surface area contributed by atoms with Crippen molar-refractivity contribution >= 4 is 39.1 Å².